The van der Waals surface area contributed by atoms with Crippen LogP contribution in [0.2, 0.25) is 0 Å². The van der Waals surface area contributed by atoms with Crippen molar-refractivity contribution >= 4 is 22.9 Å². The minimum Gasteiger partial charge on any atom is -0.496 e. The van der Waals surface area contributed by atoms with E-state index >= 15 is 0 Å². The number of aromatic nitrogens is 1. The van der Waals surface area contributed by atoms with Gasteiger partial charge in [0, 0.05) is 22.0 Å². The average Bonchev–Trinajstić information content (AvgIpc) is 3.13. The fourth-order valence-corrected chi connectivity index (χ4v) is 4.73. The molecule has 1 aliphatic rings. The molecule has 3 nitrogen and oxygen atoms in total. The number of benzene rings is 2. The van der Waals surface area contributed by atoms with Gasteiger partial charge in [-0.1, -0.05) is 13.8 Å². The first-order valence-corrected chi connectivity index (χ1v) is 11.0. The minimum atomic E-state index is -2.61. The summed E-state index contributed by atoms with van der Waals surface area (Å²) in [5.41, 5.74) is 1.49. The van der Waals surface area contributed by atoms with Crippen LogP contribution >= 0.6 is 11.9 Å². The van der Waals surface area contributed by atoms with Gasteiger partial charge in [-0.05, 0) is 85.8 Å². The Morgan fingerprint density at radius 1 is 1.10 bits per heavy atom. The third-order valence-electron chi connectivity index (χ3n) is 5.18. The van der Waals surface area contributed by atoms with Crippen LogP contribution in [0, 0.1) is 5.82 Å². The van der Waals surface area contributed by atoms with Gasteiger partial charge in [-0.15, -0.1) is 0 Å². The first-order valence-electron chi connectivity index (χ1n) is 10.2. The topological polar surface area (TPSA) is 26.2 Å². The molecule has 1 saturated heterocycles. The molecule has 4 rings (SSSR count). The number of alkyl halides is 2. The largest absolute Gasteiger partial charge is 0.496 e. The Bertz CT molecular complexity index is 984. The number of hydrogen-bond donors (Lipinski definition) is 1. The maximum absolute atomic E-state index is 13.7. The van der Waals surface area contributed by atoms with Crippen molar-refractivity contribution in [1.82, 2.24) is 9.29 Å². The summed E-state index contributed by atoms with van der Waals surface area (Å²) in [5, 5.41) is 3.73. The van der Waals surface area contributed by atoms with Crippen LogP contribution in [0.15, 0.2) is 47.5 Å². The third-order valence-corrected chi connectivity index (χ3v) is 6.15. The van der Waals surface area contributed by atoms with Crippen LogP contribution in [0.4, 0.5) is 13.2 Å². The van der Waals surface area contributed by atoms with Crippen molar-refractivity contribution in [3.05, 3.63) is 59.5 Å². The zero-order chi connectivity index (χ0) is 21.7. The molecule has 2 aromatic carbocycles. The van der Waals surface area contributed by atoms with Crippen LogP contribution in [-0.2, 0) is 0 Å². The fraction of sp³-hybridized carbons (Fsp3) is 0.391. The highest BCUT2D eigenvalue weighted by Crippen LogP contribution is 2.38. The molecular weight excluding hydrogens is 409 g/mol. The number of rotatable bonds is 5. The lowest BCUT2D eigenvalue weighted by Crippen LogP contribution is -2.26. The molecule has 7 heteroatoms. The quantitative estimate of drug-likeness (QED) is 0.478. The number of hydrogen-bond acceptors (Lipinski definition) is 3. The number of piperidine rings is 1. The summed E-state index contributed by atoms with van der Waals surface area (Å²) in [5.74, 6) is 0.790. The predicted octanol–water partition coefficient (Wildman–Crippen LogP) is 6.78. The standard InChI is InChI=1S/C21H21F3N2OS.C2H6/c1-27-20-5-3-15(11-17(20)13-6-8-25-9-7-13)28-26-12-18(21(23)24)16-4-2-14(22)10-19(16)26;1-2/h2-5,10-13,21,25H,6-9H2,1H3;1-2H3. The van der Waals surface area contributed by atoms with Crippen molar-refractivity contribution in [2.45, 2.75) is 43.9 Å². The molecule has 0 aliphatic carbocycles. The lowest BCUT2D eigenvalue weighted by Gasteiger charge is -2.25. The second kappa shape index (κ2) is 10.3. The van der Waals surface area contributed by atoms with E-state index in [1.807, 2.05) is 26.0 Å². The summed E-state index contributed by atoms with van der Waals surface area (Å²) in [6, 6.07) is 9.81. The number of nitrogens with one attached hydrogen (secondary N) is 1. The number of ether oxygens (including phenoxy) is 1. The van der Waals surface area contributed by atoms with Crippen molar-refractivity contribution in [2.24, 2.45) is 0 Å². The van der Waals surface area contributed by atoms with Crippen molar-refractivity contribution in [3.8, 4) is 5.75 Å². The number of fused-ring (bicyclic) bond motifs is 1. The summed E-state index contributed by atoms with van der Waals surface area (Å²) >= 11 is 1.31. The van der Waals surface area contributed by atoms with Gasteiger partial charge in [0.05, 0.1) is 12.6 Å². The predicted molar refractivity (Wildman–Crippen MR) is 117 cm³/mol. The van der Waals surface area contributed by atoms with Crippen LogP contribution in [0.1, 0.15) is 50.2 Å². The molecule has 0 bridgehead atoms. The molecule has 162 valence electrons. The molecular formula is C23H27F3N2OS. The molecule has 0 atom stereocenters. The van der Waals surface area contributed by atoms with Gasteiger partial charge in [0.25, 0.3) is 6.43 Å². The Hall–Kier alpha value is -2.12. The summed E-state index contributed by atoms with van der Waals surface area (Å²) in [6.07, 6.45) is 0.833. The van der Waals surface area contributed by atoms with Crippen molar-refractivity contribution in [1.29, 1.82) is 0 Å². The molecule has 1 aliphatic heterocycles. The summed E-state index contributed by atoms with van der Waals surface area (Å²) in [6.45, 7) is 5.93. The number of halogens is 3. The molecule has 0 saturated carbocycles. The molecule has 0 amide bonds. The molecule has 1 N–H and O–H groups in total. The monoisotopic (exact) mass is 436 g/mol. The van der Waals surface area contributed by atoms with Crippen LogP contribution in [0.25, 0.3) is 10.9 Å². The molecule has 1 fully saturated rings. The first kappa shape index (κ1) is 22.6. The van der Waals surface area contributed by atoms with Gasteiger partial charge in [0.2, 0.25) is 0 Å². The second-order valence-corrected chi connectivity index (χ2v) is 7.94. The van der Waals surface area contributed by atoms with E-state index in [-0.39, 0.29) is 5.56 Å². The molecule has 0 unspecified atom stereocenters. The Labute approximate surface area is 179 Å². The van der Waals surface area contributed by atoms with E-state index in [9.17, 15) is 13.2 Å². The zero-order valence-corrected chi connectivity index (χ0v) is 18.2. The van der Waals surface area contributed by atoms with Crippen molar-refractivity contribution in [3.63, 3.8) is 0 Å². The SMILES string of the molecule is CC.COc1ccc(Sn2cc(C(F)F)c3ccc(F)cc32)cc1C1CCNCC1. The van der Waals surface area contributed by atoms with E-state index in [4.69, 9.17) is 4.74 Å². The van der Waals surface area contributed by atoms with Gasteiger partial charge >= 0.3 is 0 Å². The minimum absolute atomic E-state index is 0.0883. The molecule has 0 radical (unpaired) electrons. The summed E-state index contributed by atoms with van der Waals surface area (Å²) in [7, 11) is 1.66. The van der Waals surface area contributed by atoms with E-state index in [2.05, 4.69) is 11.4 Å². The Morgan fingerprint density at radius 2 is 1.83 bits per heavy atom. The molecule has 2 heterocycles. The lowest BCUT2D eigenvalue weighted by atomic mass is 9.89. The lowest BCUT2D eigenvalue weighted by molar-refractivity contribution is 0.153. The van der Waals surface area contributed by atoms with Crippen LogP contribution in [0.3, 0.4) is 0 Å². The number of methoxy groups -OCH3 is 1. The Morgan fingerprint density at radius 3 is 2.50 bits per heavy atom. The van der Waals surface area contributed by atoms with Gasteiger partial charge in [0.15, 0.2) is 0 Å². The Balaban J connectivity index is 0.00000124. The van der Waals surface area contributed by atoms with Crippen LogP contribution in [-0.4, -0.2) is 24.2 Å². The smallest absolute Gasteiger partial charge is 0.265 e. The van der Waals surface area contributed by atoms with Crippen LogP contribution in [0.5, 0.6) is 5.75 Å². The Kier molecular flexibility index (Phi) is 7.72. The van der Waals surface area contributed by atoms with Gasteiger partial charge in [-0.3, -0.25) is 3.97 Å². The maximum Gasteiger partial charge on any atom is 0.265 e. The second-order valence-electron chi connectivity index (χ2n) is 6.89. The maximum atomic E-state index is 13.7. The molecule has 1 aromatic heterocycles. The summed E-state index contributed by atoms with van der Waals surface area (Å²) in [4.78, 5) is 0.899. The molecule has 3 aromatic rings. The van der Waals surface area contributed by atoms with Crippen LogP contribution < -0.4 is 10.1 Å². The van der Waals surface area contributed by atoms with E-state index in [0.717, 1.165) is 42.1 Å². The van der Waals surface area contributed by atoms with Crippen molar-refractivity contribution < 1.29 is 17.9 Å². The van der Waals surface area contributed by atoms with Crippen molar-refractivity contribution in [2.75, 3.05) is 20.2 Å². The van der Waals surface area contributed by atoms with Gasteiger partial charge in [-0.25, -0.2) is 13.2 Å². The number of nitrogens with zero attached hydrogens (tertiary/aromatic N) is 1. The highest BCUT2D eigenvalue weighted by atomic mass is 32.2. The first-order chi connectivity index (χ1) is 14.6. The highest BCUT2D eigenvalue weighted by Gasteiger charge is 2.21. The van der Waals surface area contributed by atoms with E-state index in [1.54, 1.807) is 11.1 Å². The van der Waals surface area contributed by atoms with E-state index < -0.39 is 12.2 Å². The molecule has 0 spiro atoms. The van der Waals surface area contributed by atoms with E-state index in [1.165, 1.54) is 36.3 Å². The highest BCUT2D eigenvalue weighted by molar-refractivity contribution is 7.98. The van der Waals surface area contributed by atoms with Gasteiger partial charge in [-0.2, -0.15) is 0 Å². The fourth-order valence-electron chi connectivity index (χ4n) is 3.78. The van der Waals surface area contributed by atoms with Gasteiger partial charge < -0.3 is 10.1 Å². The van der Waals surface area contributed by atoms with E-state index in [0.29, 0.717) is 16.8 Å². The summed E-state index contributed by atoms with van der Waals surface area (Å²) < 4.78 is 47.7. The zero-order valence-electron chi connectivity index (χ0n) is 17.4. The third kappa shape index (κ3) is 4.78. The normalized spacial score (nSPS) is 14.6. The average molecular weight is 437 g/mol. The van der Waals surface area contributed by atoms with Gasteiger partial charge in [0.1, 0.15) is 11.6 Å². The molecule has 30 heavy (non-hydrogen) atoms.